The number of carbonyl (C=O) groups excluding carboxylic acids is 2. The molecule has 0 saturated carbocycles. The highest BCUT2D eigenvalue weighted by Gasteiger charge is 2.23. The largest absolute Gasteiger partial charge is 0.462 e. The molecule has 6 nitrogen and oxygen atoms in total. The number of aliphatic hydroxyl groups is 1. The molecule has 0 fully saturated rings. The van der Waals surface area contributed by atoms with E-state index in [9.17, 15) is 9.59 Å². The zero-order valence-corrected chi connectivity index (χ0v) is 10.7. The average Bonchev–Trinajstić information content (AvgIpc) is 2.62. The number of nitrogens with one attached hydrogen (secondary N) is 1. The van der Waals surface area contributed by atoms with E-state index in [1.807, 2.05) is 0 Å². The van der Waals surface area contributed by atoms with Crippen LogP contribution in [-0.4, -0.2) is 41.8 Å². The van der Waals surface area contributed by atoms with Gasteiger partial charge < -0.3 is 19.6 Å². The number of aromatic amines is 1. The van der Waals surface area contributed by atoms with Crippen molar-refractivity contribution in [3.8, 4) is 0 Å². The van der Waals surface area contributed by atoms with Gasteiger partial charge in [-0.25, -0.2) is 9.59 Å². The minimum Gasteiger partial charge on any atom is -0.462 e. The highest BCUT2D eigenvalue weighted by molar-refractivity contribution is 5.98. The van der Waals surface area contributed by atoms with E-state index in [1.54, 1.807) is 20.8 Å². The first-order valence-electron chi connectivity index (χ1n) is 5.67. The van der Waals surface area contributed by atoms with Crippen molar-refractivity contribution >= 4 is 11.9 Å². The lowest BCUT2D eigenvalue weighted by Gasteiger charge is -2.03. The van der Waals surface area contributed by atoms with Crippen LogP contribution in [0.4, 0.5) is 0 Å². The molecule has 0 aliphatic rings. The van der Waals surface area contributed by atoms with Gasteiger partial charge in [0.2, 0.25) is 0 Å². The van der Waals surface area contributed by atoms with Crippen LogP contribution in [0.2, 0.25) is 0 Å². The van der Waals surface area contributed by atoms with Gasteiger partial charge in [0.05, 0.1) is 18.8 Å². The number of hydrogen-bond acceptors (Lipinski definition) is 5. The van der Waals surface area contributed by atoms with Crippen LogP contribution < -0.4 is 0 Å². The molecule has 6 heteroatoms. The van der Waals surface area contributed by atoms with Crippen LogP contribution in [0, 0.1) is 13.8 Å². The molecule has 1 aromatic heterocycles. The molecule has 1 heterocycles. The Morgan fingerprint density at radius 1 is 1.22 bits per heavy atom. The van der Waals surface area contributed by atoms with Crippen molar-refractivity contribution in [3.63, 3.8) is 0 Å². The molecular formula is C12H17NO5. The number of aliphatic hydroxyl groups excluding tert-OH is 1. The second-order valence-corrected chi connectivity index (χ2v) is 3.70. The van der Waals surface area contributed by atoms with Gasteiger partial charge in [-0.15, -0.1) is 0 Å². The van der Waals surface area contributed by atoms with Gasteiger partial charge in [-0.1, -0.05) is 0 Å². The first-order valence-corrected chi connectivity index (χ1v) is 5.67. The molecule has 0 saturated heterocycles. The molecule has 0 radical (unpaired) electrons. The van der Waals surface area contributed by atoms with Crippen molar-refractivity contribution < 1.29 is 24.2 Å². The van der Waals surface area contributed by atoms with E-state index in [2.05, 4.69) is 4.98 Å². The quantitative estimate of drug-likeness (QED) is 0.765. The number of H-pyrrole nitrogens is 1. The second kappa shape index (κ2) is 6.20. The summed E-state index contributed by atoms with van der Waals surface area (Å²) in [6.45, 7) is 4.99. The molecule has 0 bridgehead atoms. The Balaban J connectivity index is 3.00. The monoisotopic (exact) mass is 255 g/mol. The number of rotatable bonds is 5. The van der Waals surface area contributed by atoms with Gasteiger partial charge in [0.25, 0.3) is 0 Å². The van der Waals surface area contributed by atoms with Crippen molar-refractivity contribution in [3.05, 3.63) is 22.5 Å². The van der Waals surface area contributed by atoms with Crippen molar-refractivity contribution in [2.24, 2.45) is 0 Å². The van der Waals surface area contributed by atoms with Crippen molar-refractivity contribution in [2.75, 3.05) is 19.8 Å². The predicted molar refractivity (Wildman–Crippen MR) is 63.6 cm³/mol. The fourth-order valence-corrected chi connectivity index (χ4v) is 1.67. The molecule has 18 heavy (non-hydrogen) atoms. The van der Waals surface area contributed by atoms with Gasteiger partial charge in [-0.3, -0.25) is 0 Å². The number of carbonyl (C=O) groups is 2. The van der Waals surface area contributed by atoms with Crippen LogP contribution >= 0.6 is 0 Å². The molecule has 0 aromatic carbocycles. The van der Waals surface area contributed by atoms with E-state index in [1.165, 1.54) is 0 Å². The highest BCUT2D eigenvalue weighted by Crippen LogP contribution is 2.19. The molecule has 2 N–H and O–H groups in total. The highest BCUT2D eigenvalue weighted by atomic mass is 16.5. The number of ether oxygens (including phenoxy) is 2. The summed E-state index contributed by atoms with van der Waals surface area (Å²) in [5, 5.41) is 8.59. The van der Waals surface area contributed by atoms with Crippen LogP contribution in [0.15, 0.2) is 0 Å². The van der Waals surface area contributed by atoms with Crippen LogP contribution in [0.5, 0.6) is 0 Å². The summed E-state index contributed by atoms with van der Waals surface area (Å²) in [5.74, 6) is -1.06. The molecule has 0 unspecified atom stereocenters. The standard InChI is InChI=1S/C12H17NO5/c1-4-17-11(15)9-7(2)10(13-8(9)3)12(16)18-6-5-14/h13-14H,4-6H2,1-3H3. The fourth-order valence-electron chi connectivity index (χ4n) is 1.67. The molecule has 0 atom stereocenters. The second-order valence-electron chi connectivity index (χ2n) is 3.70. The Hall–Kier alpha value is -1.82. The molecule has 1 rings (SSSR count). The lowest BCUT2D eigenvalue weighted by molar-refractivity contribution is 0.0427. The maximum absolute atomic E-state index is 11.7. The van der Waals surface area contributed by atoms with Gasteiger partial charge in [-0.2, -0.15) is 0 Å². The summed E-state index contributed by atoms with van der Waals surface area (Å²) >= 11 is 0. The third-order valence-corrected chi connectivity index (χ3v) is 2.45. The van der Waals surface area contributed by atoms with Crippen molar-refractivity contribution in [1.82, 2.24) is 4.98 Å². The molecule has 0 aliphatic heterocycles. The third kappa shape index (κ3) is 2.89. The Bertz CT molecular complexity index is 450. The fraction of sp³-hybridized carbons (Fsp3) is 0.500. The Labute approximate surface area is 105 Å². The topological polar surface area (TPSA) is 88.6 Å². The molecule has 0 aliphatic carbocycles. The van der Waals surface area contributed by atoms with E-state index in [4.69, 9.17) is 14.6 Å². The molecule has 100 valence electrons. The van der Waals surface area contributed by atoms with Gasteiger partial charge >= 0.3 is 11.9 Å². The molecule has 0 spiro atoms. The summed E-state index contributed by atoms with van der Waals surface area (Å²) < 4.78 is 9.71. The zero-order chi connectivity index (χ0) is 13.7. The maximum atomic E-state index is 11.7. The molecule has 1 aromatic rings. The Morgan fingerprint density at radius 3 is 2.44 bits per heavy atom. The van der Waals surface area contributed by atoms with E-state index >= 15 is 0 Å². The summed E-state index contributed by atoms with van der Waals surface area (Å²) in [4.78, 5) is 26.2. The molecular weight excluding hydrogens is 238 g/mol. The third-order valence-electron chi connectivity index (χ3n) is 2.45. The van der Waals surface area contributed by atoms with E-state index in [0.29, 0.717) is 16.8 Å². The molecule has 0 amide bonds. The maximum Gasteiger partial charge on any atom is 0.355 e. The lowest BCUT2D eigenvalue weighted by atomic mass is 10.1. The summed E-state index contributed by atoms with van der Waals surface area (Å²) in [7, 11) is 0. The number of aromatic nitrogens is 1. The smallest absolute Gasteiger partial charge is 0.355 e. The number of aryl methyl sites for hydroxylation is 1. The van der Waals surface area contributed by atoms with Gasteiger partial charge in [0.1, 0.15) is 12.3 Å². The minimum atomic E-state index is -0.597. The van der Waals surface area contributed by atoms with Gasteiger partial charge in [-0.05, 0) is 26.3 Å². The Kier molecular flexibility index (Phi) is 4.91. The number of hydrogen-bond donors (Lipinski definition) is 2. The minimum absolute atomic E-state index is 0.0783. The van der Waals surface area contributed by atoms with Crippen molar-refractivity contribution in [2.45, 2.75) is 20.8 Å². The Morgan fingerprint density at radius 2 is 1.89 bits per heavy atom. The predicted octanol–water partition coefficient (Wildman–Crippen LogP) is 0.957. The SMILES string of the molecule is CCOC(=O)c1c(C)[nH]c(C(=O)OCCO)c1C. The first kappa shape index (κ1) is 14.2. The van der Waals surface area contributed by atoms with Crippen LogP contribution in [0.3, 0.4) is 0 Å². The summed E-state index contributed by atoms with van der Waals surface area (Å²) in [6.07, 6.45) is 0. The summed E-state index contributed by atoms with van der Waals surface area (Å²) in [6, 6.07) is 0. The zero-order valence-electron chi connectivity index (χ0n) is 10.7. The van der Waals surface area contributed by atoms with Crippen LogP contribution in [0.25, 0.3) is 0 Å². The normalized spacial score (nSPS) is 10.2. The number of esters is 2. The van der Waals surface area contributed by atoms with Crippen LogP contribution in [-0.2, 0) is 9.47 Å². The van der Waals surface area contributed by atoms with Gasteiger partial charge in [0.15, 0.2) is 0 Å². The van der Waals surface area contributed by atoms with Gasteiger partial charge in [0, 0.05) is 5.69 Å². The van der Waals surface area contributed by atoms with E-state index in [-0.39, 0.29) is 25.5 Å². The van der Waals surface area contributed by atoms with Crippen LogP contribution in [0.1, 0.15) is 39.0 Å². The van der Waals surface area contributed by atoms with E-state index in [0.717, 1.165) is 0 Å². The van der Waals surface area contributed by atoms with E-state index < -0.39 is 11.9 Å². The summed E-state index contributed by atoms with van der Waals surface area (Å²) in [5.41, 5.74) is 1.62. The van der Waals surface area contributed by atoms with Crippen molar-refractivity contribution in [1.29, 1.82) is 0 Å². The lowest BCUT2D eigenvalue weighted by Crippen LogP contribution is -2.11. The average molecular weight is 255 g/mol. The first-order chi connectivity index (χ1) is 8.52.